The number of hydrogen-bond acceptors (Lipinski definition) is 7. The molecular formula is C21H24N6O. The van der Waals surface area contributed by atoms with Crippen LogP contribution in [0.25, 0.3) is 5.70 Å². The Hall–Kier alpha value is -3.71. The van der Waals surface area contributed by atoms with E-state index in [2.05, 4.69) is 4.98 Å². The minimum Gasteiger partial charge on any atom is -0.489 e. The Morgan fingerprint density at radius 2 is 1.64 bits per heavy atom. The Kier molecular flexibility index (Phi) is 5.98. The highest BCUT2D eigenvalue weighted by atomic mass is 16.5. The molecule has 2 aromatic carbocycles. The van der Waals surface area contributed by atoms with Crippen molar-refractivity contribution in [3.05, 3.63) is 89.6 Å². The molecule has 3 aromatic rings. The molecule has 0 aliphatic rings. The zero-order chi connectivity index (χ0) is 19.9. The van der Waals surface area contributed by atoms with Crippen LogP contribution in [0.1, 0.15) is 16.7 Å². The maximum absolute atomic E-state index is 6.08. The van der Waals surface area contributed by atoms with Gasteiger partial charge in [-0.25, -0.2) is 10.8 Å². The van der Waals surface area contributed by atoms with E-state index in [0.717, 1.165) is 16.9 Å². The minimum atomic E-state index is 0.266. The number of benzene rings is 2. The van der Waals surface area contributed by atoms with Gasteiger partial charge in [0.2, 0.25) is 0 Å². The van der Waals surface area contributed by atoms with E-state index in [9.17, 15) is 0 Å². The van der Waals surface area contributed by atoms with Crippen molar-refractivity contribution in [2.75, 3.05) is 11.5 Å². The molecule has 0 atom stereocenters. The highest BCUT2D eigenvalue weighted by Gasteiger charge is 2.06. The summed E-state index contributed by atoms with van der Waals surface area (Å²) in [4.78, 5) is 4.00. The van der Waals surface area contributed by atoms with Gasteiger partial charge >= 0.3 is 0 Å². The second-order valence-corrected chi connectivity index (χ2v) is 6.34. The molecule has 0 saturated heterocycles. The second kappa shape index (κ2) is 8.79. The average molecular weight is 376 g/mol. The van der Waals surface area contributed by atoms with Crippen molar-refractivity contribution in [3.63, 3.8) is 0 Å². The van der Waals surface area contributed by atoms with E-state index in [0.29, 0.717) is 30.2 Å². The second-order valence-electron chi connectivity index (χ2n) is 6.34. The zero-order valence-corrected chi connectivity index (χ0v) is 15.5. The monoisotopic (exact) mass is 376 g/mol. The van der Waals surface area contributed by atoms with Crippen molar-refractivity contribution in [2.45, 2.75) is 13.2 Å². The third-order valence-electron chi connectivity index (χ3n) is 4.10. The van der Waals surface area contributed by atoms with Gasteiger partial charge in [0.25, 0.3) is 0 Å². The first-order chi connectivity index (χ1) is 13.5. The molecule has 0 unspecified atom stereocenters. The topological polar surface area (TPSA) is 129 Å². The quantitative estimate of drug-likeness (QED) is 0.368. The van der Waals surface area contributed by atoms with Gasteiger partial charge in [0.1, 0.15) is 24.0 Å². The van der Waals surface area contributed by atoms with E-state index in [1.54, 1.807) is 18.3 Å². The third kappa shape index (κ3) is 5.15. The summed E-state index contributed by atoms with van der Waals surface area (Å²) in [6.07, 6.45) is 1.61. The SMILES string of the molecule is N/C(=C\N(N)Cc1ccc(OCc2ccccc2)cc1)c1ccc(N)nc1N. The number of hydrogen-bond donors (Lipinski definition) is 4. The molecule has 7 heteroatoms. The number of rotatable bonds is 7. The lowest BCUT2D eigenvalue weighted by molar-refractivity contribution is 0.306. The summed E-state index contributed by atoms with van der Waals surface area (Å²) in [5.74, 6) is 7.46. The van der Waals surface area contributed by atoms with Crippen LogP contribution < -0.4 is 27.8 Å². The summed E-state index contributed by atoms with van der Waals surface area (Å²) < 4.78 is 5.79. The molecule has 1 heterocycles. The van der Waals surface area contributed by atoms with E-state index in [1.165, 1.54) is 5.01 Å². The van der Waals surface area contributed by atoms with Crippen LogP contribution in [0, 0.1) is 0 Å². The summed E-state index contributed by atoms with van der Waals surface area (Å²) in [5, 5.41) is 1.49. The highest BCUT2D eigenvalue weighted by Crippen LogP contribution is 2.18. The summed E-state index contributed by atoms with van der Waals surface area (Å²) in [5.41, 5.74) is 20.7. The fraction of sp³-hybridized carbons (Fsp3) is 0.0952. The molecule has 8 N–H and O–H groups in total. The number of hydrazine groups is 1. The van der Waals surface area contributed by atoms with Gasteiger partial charge in [-0.05, 0) is 35.4 Å². The van der Waals surface area contributed by atoms with Crippen LogP contribution in [0.3, 0.4) is 0 Å². The van der Waals surface area contributed by atoms with Gasteiger partial charge in [0.15, 0.2) is 0 Å². The zero-order valence-electron chi connectivity index (χ0n) is 15.5. The molecule has 3 rings (SSSR count). The van der Waals surface area contributed by atoms with E-state index >= 15 is 0 Å². The predicted molar refractivity (Wildman–Crippen MR) is 112 cm³/mol. The van der Waals surface area contributed by atoms with Crippen molar-refractivity contribution >= 4 is 17.3 Å². The number of ether oxygens (including phenoxy) is 1. The molecule has 0 bridgehead atoms. The maximum atomic E-state index is 6.08. The number of pyridine rings is 1. The summed E-state index contributed by atoms with van der Waals surface area (Å²) in [6.45, 7) is 1.00. The molecule has 7 nitrogen and oxygen atoms in total. The van der Waals surface area contributed by atoms with Crippen molar-refractivity contribution < 1.29 is 4.74 Å². The minimum absolute atomic E-state index is 0.266. The fourth-order valence-corrected chi connectivity index (χ4v) is 2.67. The molecule has 0 spiro atoms. The molecule has 0 radical (unpaired) electrons. The van der Waals surface area contributed by atoms with Crippen LogP contribution in [0.2, 0.25) is 0 Å². The van der Waals surface area contributed by atoms with Gasteiger partial charge in [0.05, 0.1) is 12.2 Å². The molecule has 0 amide bonds. The number of nitrogen functional groups attached to an aromatic ring is 2. The van der Waals surface area contributed by atoms with Crippen molar-refractivity contribution in [3.8, 4) is 5.75 Å². The van der Waals surface area contributed by atoms with Crippen molar-refractivity contribution in [1.82, 2.24) is 9.99 Å². The van der Waals surface area contributed by atoms with Gasteiger partial charge < -0.3 is 26.9 Å². The molecule has 0 fully saturated rings. The van der Waals surface area contributed by atoms with Crippen molar-refractivity contribution in [1.29, 1.82) is 0 Å². The molecule has 0 aliphatic heterocycles. The van der Waals surface area contributed by atoms with Crippen LogP contribution in [0.15, 0.2) is 72.9 Å². The van der Waals surface area contributed by atoms with Gasteiger partial charge in [-0.3, -0.25) is 0 Å². The van der Waals surface area contributed by atoms with Crippen LogP contribution in [0.4, 0.5) is 11.6 Å². The molecule has 0 saturated carbocycles. The largest absolute Gasteiger partial charge is 0.489 e. The maximum Gasteiger partial charge on any atom is 0.135 e. The first kappa shape index (κ1) is 19.1. The highest BCUT2D eigenvalue weighted by molar-refractivity contribution is 5.71. The molecule has 0 aliphatic carbocycles. The summed E-state index contributed by atoms with van der Waals surface area (Å²) in [6, 6.07) is 21.1. The lowest BCUT2D eigenvalue weighted by Gasteiger charge is -2.16. The van der Waals surface area contributed by atoms with E-state index in [4.69, 9.17) is 27.8 Å². The van der Waals surface area contributed by atoms with Gasteiger partial charge in [-0.1, -0.05) is 42.5 Å². The Balaban J connectivity index is 1.58. The Morgan fingerprint density at radius 3 is 2.32 bits per heavy atom. The predicted octanol–water partition coefficient (Wildman–Crippen LogP) is 2.46. The van der Waals surface area contributed by atoms with Crippen LogP contribution in [0.5, 0.6) is 5.75 Å². The number of nitrogens with two attached hydrogens (primary N) is 4. The first-order valence-corrected chi connectivity index (χ1v) is 8.78. The van der Waals surface area contributed by atoms with Crippen LogP contribution in [-0.4, -0.2) is 9.99 Å². The molecule has 28 heavy (non-hydrogen) atoms. The van der Waals surface area contributed by atoms with E-state index in [-0.39, 0.29) is 5.82 Å². The number of aromatic nitrogens is 1. The first-order valence-electron chi connectivity index (χ1n) is 8.78. The molecular weight excluding hydrogens is 352 g/mol. The van der Waals surface area contributed by atoms with Crippen molar-refractivity contribution in [2.24, 2.45) is 11.6 Å². The standard InChI is InChI=1S/C21H24N6O/c22-19(18-10-11-20(23)26-21(18)24)13-27(25)12-15-6-8-17(9-7-15)28-14-16-4-2-1-3-5-16/h1-11,13H,12,14,22,25H2,(H4,23,24,26)/b19-13-. The summed E-state index contributed by atoms with van der Waals surface area (Å²) >= 11 is 0. The molecule has 144 valence electrons. The Labute approximate surface area is 164 Å². The van der Waals surface area contributed by atoms with E-state index in [1.807, 2.05) is 54.6 Å². The number of anilines is 2. The lowest BCUT2D eigenvalue weighted by atomic mass is 10.2. The number of nitrogens with zero attached hydrogens (tertiary/aromatic N) is 2. The van der Waals surface area contributed by atoms with Gasteiger partial charge in [-0.15, -0.1) is 0 Å². The third-order valence-corrected chi connectivity index (χ3v) is 4.10. The lowest BCUT2D eigenvalue weighted by Crippen LogP contribution is -2.25. The molecule has 1 aromatic heterocycles. The Morgan fingerprint density at radius 1 is 0.929 bits per heavy atom. The van der Waals surface area contributed by atoms with Gasteiger partial charge in [0, 0.05) is 11.8 Å². The average Bonchev–Trinajstić information content (AvgIpc) is 2.68. The fourth-order valence-electron chi connectivity index (χ4n) is 2.67. The Bertz CT molecular complexity index is 941. The normalized spacial score (nSPS) is 11.2. The van der Waals surface area contributed by atoms with Gasteiger partial charge in [-0.2, -0.15) is 0 Å². The van der Waals surface area contributed by atoms with Crippen LogP contribution >= 0.6 is 0 Å². The summed E-state index contributed by atoms with van der Waals surface area (Å²) in [7, 11) is 0. The van der Waals surface area contributed by atoms with Crippen LogP contribution in [-0.2, 0) is 13.2 Å². The van der Waals surface area contributed by atoms with E-state index < -0.39 is 0 Å². The smallest absolute Gasteiger partial charge is 0.135 e.